The van der Waals surface area contributed by atoms with Gasteiger partial charge in [0.05, 0.1) is 6.61 Å². The number of para-hydroxylation sites is 1. The van der Waals surface area contributed by atoms with Crippen LogP contribution in [0.2, 0.25) is 0 Å². The number of benzene rings is 1. The molecule has 0 spiro atoms. The van der Waals surface area contributed by atoms with Crippen LogP contribution in [0.5, 0.6) is 5.75 Å². The first-order chi connectivity index (χ1) is 9.79. The summed E-state index contributed by atoms with van der Waals surface area (Å²) in [6.07, 6.45) is 9.26. The highest BCUT2D eigenvalue weighted by Crippen LogP contribution is 2.24. The number of unbranched alkanes of at least 4 members (excludes halogenated alkanes) is 6. The van der Waals surface area contributed by atoms with Gasteiger partial charge >= 0.3 is 0 Å². The lowest BCUT2D eigenvalue weighted by Gasteiger charge is -2.16. The van der Waals surface area contributed by atoms with Crippen molar-refractivity contribution >= 4 is 0 Å². The van der Waals surface area contributed by atoms with Crippen molar-refractivity contribution in [1.82, 2.24) is 5.32 Å². The summed E-state index contributed by atoms with van der Waals surface area (Å²) in [4.78, 5) is 0. The molecule has 0 aromatic heterocycles. The minimum Gasteiger partial charge on any atom is -0.493 e. The second-order valence-electron chi connectivity index (χ2n) is 5.52. The predicted octanol–water partition coefficient (Wildman–Crippen LogP) is 5.10. The Balaban J connectivity index is 2.22. The van der Waals surface area contributed by atoms with Crippen LogP contribution in [-0.4, -0.2) is 13.7 Å². The summed E-state index contributed by atoms with van der Waals surface area (Å²) in [5.74, 6) is 1.03. The van der Waals surface area contributed by atoms with Gasteiger partial charge in [0.2, 0.25) is 0 Å². The maximum absolute atomic E-state index is 5.95. The zero-order valence-corrected chi connectivity index (χ0v) is 13.5. The van der Waals surface area contributed by atoms with Gasteiger partial charge in [0.25, 0.3) is 0 Å². The largest absolute Gasteiger partial charge is 0.493 e. The van der Waals surface area contributed by atoms with Crippen molar-refractivity contribution in [3.05, 3.63) is 29.8 Å². The van der Waals surface area contributed by atoms with E-state index in [2.05, 4.69) is 37.4 Å². The standard InChI is InChI=1S/C18H31NO/c1-4-5-6-7-8-9-12-15-20-18-14-11-10-13-17(18)16(2)19-3/h10-11,13-14,16,19H,4-9,12,15H2,1-3H3. The van der Waals surface area contributed by atoms with Crippen LogP contribution in [0.1, 0.15) is 70.4 Å². The lowest BCUT2D eigenvalue weighted by molar-refractivity contribution is 0.299. The second-order valence-corrected chi connectivity index (χ2v) is 5.52. The average molecular weight is 277 g/mol. The Morgan fingerprint density at radius 2 is 1.65 bits per heavy atom. The van der Waals surface area contributed by atoms with Crippen LogP contribution in [0.25, 0.3) is 0 Å². The normalized spacial score (nSPS) is 12.3. The van der Waals surface area contributed by atoms with E-state index in [1.165, 1.54) is 44.1 Å². The predicted molar refractivity (Wildman–Crippen MR) is 87.4 cm³/mol. The van der Waals surface area contributed by atoms with Crippen LogP contribution < -0.4 is 10.1 Å². The molecule has 1 aromatic rings. The second kappa shape index (κ2) is 10.7. The molecule has 0 saturated carbocycles. The lowest BCUT2D eigenvalue weighted by atomic mass is 10.1. The van der Waals surface area contributed by atoms with Gasteiger partial charge in [-0.25, -0.2) is 0 Å². The Morgan fingerprint density at radius 1 is 1.00 bits per heavy atom. The summed E-state index contributed by atoms with van der Waals surface area (Å²) >= 11 is 0. The van der Waals surface area contributed by atoms with E-state index in [4.69, 9.17) is 4.74 Å². The molecule has 0 fully saturated rings. The Labute approximate surface area is 124 Å². The fourth-order valence-corrected chi connectivity index (χ4v) is 2.37. The van der Waals surface area contributed by atoms with Crippen molar-refractivity contribution in [1.29, 1.82) is 0 Å². The molecule has 0 aliphatic heterocycles. The molecule has 1 rings (SSSR count). The van der Waals surface area contributed by atoms with Crippen LogP contribution in [0, 0.1) is 0 Å². The van der Waals surface area contributed by atoms with Crippen molar-refractivity contribution in [3.63, 3.8) is 0 Å². The van der Waals surface area contributed by atoms with E-state index in [0.717, 1.165) is 18.8 Å². The first kappa shape index (κ1) is 17.0. The van der Waals surface area contributed by atoms with Gasteiger partial charge in [-0.2, -0.15) is 0 Å². The SMILES string of the molecule is CCCCCCCCCOc1ccccc1C(C)NC. The molecule has 1 atom stereocenters. The molecule has 1 N–H and O–H groups in total. The molecular weight excluding hydrogens is 246 g/mol. The third-order valence-corrected chi connectivity index (χ3v) is 3.82. The fourth-order valence-electron chi connectivity index (χ4n) is 2.37. The molecule has 0 saturated heterocycles. The van der Waals surface area contributed by atoms with Crippen LogP contribution in [-0.2, 0) is 0 Å². The Kier molecular flexibility index (Phi) is 9.14. The highest BCUT2D eigenvalue weighted by molar-refractivity contribution is 5.35. The third-order valence-electron chi connectivity index (χ3n) is 3.82. The molecule has 2 heteroatoms. The van der Waals surface area contributed by atoms with Crippen LogP contribution >= 0.6 is 0 Å². The third kappa shape index (κ3) is 6.42. The number of hydrogen-bond donors (Lipinski definition) is 1. The van der Waals surface area contributed by atoms with Gasteiger partial charge < -0.3 is 10.1 Å². The molecule has 0 aliphatic carbocycles. The summed E-state index contributed by atoms with van der Waals surface area (Å²) in [7, 11) is 1.98. The molecule has 2 nitrogen and oxygen atoms in total. The van der Waals surface area contributed by atoms with Crippen molar-refractivity contribution in [2.75, 3.05) is 13.7 Å². The molecule has 0 heterocycles. The van der Waals surface area contributed by atoms with Gasteiger partial charge in [-0.05, 0) is 26.5 Å². The van der Waals surface area contributed by atoms with E-state index in [0.29, 0.717) is 6.04 Å². The quantitative estimate of drug-likeness (QED) is 0.568. The zero-order chi connectivity index (χ0) is 14.6. The van der Waals surface area contributed by atoms with E-state index in [1.54, 1.807) is 0 Å². The molecule has 1 aromatic carbocycles. The van der Waals surface area contributed by atoms with Crippen LogP contribution in [0.4, 0.5) is 0 Å². The smallest absolute Gasteiger partial charge is 0.124 e. The molecule has 0 aliphatic rings. The van der Waals surface area contributed by atoms with Crippen molar-refractivity contribution < 1.29 is 4.74 Å². The van der Waals surface area contributed by atoms with Gasteiger partial charge in [0, 0.05) is 11.6 Å². The molecule has 0 radical (unpaired) electrons. The Morgan fingerprint density at radius 3 is 2.35 bits per heavy atom. The van der Waals surface area contributed by atoms with Crippen LogP contribution in [0.15, 0.2) is 24.3 Å². The fraction of sp³-hybridized carbons (Fsp3) is 0.667. The summed E-state index contributed by atoms with van der Waals surface area (Å²) < 4.78 is 5.95. The van der Waals surface area contributed by atoms with E-state index in [1.807, 2.05) is 13.1 Å². The molecule has 114 valence electrons. The minimum absolute atomic E-state index is 0.334. The summed E-state index contributed by atoms with van der Waals surface area (Å²) in [6, 6.07) is 8.67. The molecule has 1 unspecified atom stereocenters. The van der Waals surface area contributed by atoms with Gasteiger partial charge in [0.15, 0.2) is 0 Å². The summed E-state index contributed by atoms with van der Waals surface area (Å²) in [6.45, 7) is 5.26. The summed E-state index contributed by atoms with van der Waals surface area (Å²) in [5, 5.41) is 3.27. The van der Waals surface area contributed by atoms with E-state index >= 15 is 0 Å². The van der Waals surface area contributed by atoms with Crippen LogP contribution in [0.3, 0.4) is 0 Å². The first-order valence-corrected chi connectivity index (χ1v) is 8.18. The zero-order valence-electron chi connectivity index (χ0n) is 13.5. The number of hydrogen-bond acceptors (Lipinski definition) is 2. The van der Waals surface area contributed by atoms with Gasteiger partial charge in [-0.1, -0.05) is 63.6 Å². The number of nitrogens with one attached hydrogen (secondary N) is 1. The average Bonchev–Trinajstić information content (AvgIpc) is 2.49. The molecule has 20 heavy (non-hydrogen) atoms. The minimum atomic E-state index is 0.334. The van der Waals surface area contributed by atoms with Crippen molar-refractivity contribution in [2.45, 2.75) is 64.8 Å². The Hall–Kier alpha value is -1.02. The van der Waals surface area contributed by atoms with Gasteiger partial charge in [-0.3, -0.25) is 0 Å². The van der Waals surface area contributed by atoms with E-state index < -0.39 is 0 Å². The van der Waals surface area contributed by atoms with E-state index in [9.17, 15) is 0 Å². The number of rotatable bonds is 11. The molecule has 0 bridgehead atoms. The number of ether oxygens (including phenoxy) is 1. The summed E-state index contributed by atoms with van der Waals surface area (Å²) in [5.41, 5.74) is 1.25. The van der Waals surface area contributed by atoms with Crippen molar-refractivity contribution in [2.24, 2.45) is 0 Å². The lowest BCUT2D eigenvalue weighted by Crippen LogP contribution is -2.13. The topological polar surface area (TPSA) is 21.3 Å². The molecular formula is C18H31NO. The monoisotopic (exact) mass is 277 g/mol. The highest BCUT2D eigenvalue weighted by atomic mass is 16.5. The maximum atomic E-state index is 5.95. The van der Waals surface area contributed by atoms with Crippen molar-refractivity contribution in [3.8, 4) is 5.75 Å². The highest BCUT2D eigenvalue weighted by Gasteiger charge is 2.08. The van der Waals surface area contributed by atoms with Gasteiger partial charge in [-0.15, -0.1) is 0 Å². The molecule has 0 amide bonds. The Bertz CT molecular complexity index is 351. The van der Waals surface area contributed by atoms with Gasteiger partial charge in [0.1, 0.15) is 5.75 Å². The maximum Gasteiger partial charge on any atom is 0.124 e. The van der Waals surface area contributed by atoms with E-state index in [-0.39, 0.29) is 0 Å². The first-order valence-electron chi connectivity index (χ1n) is 8.18.